The summed E-state index contributed by atoms with van der Waals surface area (Å²) in [5.74, 6) is 0.758. The van der Waals surface area contributed by atoms with Gasteiger partial charge in [-0.25, -0.2) is 4.39 Å². The van der Waals surface area contributed by atoms with Crippen LogP contribution in [0.4, 0.5) is 4.39 Å². The monoisotopic (exact) mass is 526 g/mol. The Morgan fingerprint density at radius 3 is 2.63 bits per heavy atom. The molecule has 0 spiro atoms. The number of fused-ring (bicyclic) bond motifs is 5. The predicted molar refractivity (Wildman–Crippen MR) is 135 cm³/mol. The predicted octanol–water partition coefficient (Wildman–Crippen LogP) is 1.47. The highest BCUT2D eigenvalue weighted by Gasteiger charge is 2.53. The zero-order valence-corrected chi connectivity index (χ0v) is 21.0. The molecule has 3 aliphatic heterocycles. The number of aromatic nitrogens is 3. The van der Waals surface area contributed by atoms with Crippen molar-refractivity contribution in [1.29, 1.82) is 0 Å². The van der Waals surface area contributed by atoms with Crippen LogP contribution in [0.2, 0.25) is 0 Å². The number of hydrogen-bond donors (Lipinski definition) is 3. The molecule has 2 saturated heterocycles. The maximum absolute atomic E-state index is 15.0. The van der Waals surface area contributed by atoms with Crippen molar-refractivity contribution in [2.75, 3.05) is 26.4 Å². The number of nitrogens with one attached hydrogen (secondary N) is 1. The number of halogens is 1. The lowest BCUT2D eigenvalue weighted by molar-refractivity contribution is -0.208. The summed E-state index contributed by atoms with van der Waals surface area (Å²) < 4.78 is 33.9. The molecule has 1 atom stereocenters. The summed E-state index contributed by atoms with van der Waals surface area (Å²) in [4.78, 5) is 21.0. The highest BCUT2D eigenvalue weighted by molar-refractivity contribution is 5.78. The molecule has 0 amide bonds. The molecule has 11 heteroatoms. The van der Waals surface area contributed by atoms with Crippen LogP contribution in [0.1, 0.15) is 36.9 Å². The van der Waals surface area contributed by atoms with Crippen molar-refractivity contribution in [2.24, 2.45) is 0 Å². The van der Waals surface area contributed by atoms with Crippen molar-refractivity contribution >= 4 is 11.0 Å². The van der Waals surface area contributed by atoms with Gasteiger partial charge in [0.1, 0.15) is 19.0 Å². The van der Waals surface area contributed by atoms with E-state index in [0.717, 1.165) is 24.7 Å². The van der Waals surface area contributed by atoms with Crippen LogP contribution in [0.5, 0.6) is 11.5 Å². The lowest BCUT2D eigenvalue weighted by Crippen LogP contribution is -2.65. The lowest BCUT2D eigenvalue weighted by atomic mass is 9.68. The normalized spacial score (nSPS) is 25.0. The van der Waals surface area contributed by atoms with Crippen LogP contribution < -0.4 is 20.3 Å². The molecule has 1 aliphatic carbocycles. The average molecular weight is 527 g/mol. The minimum absolute atomic E-state index is 0.0124. The molecule has 2 bridgehead atoms. The van der Waals surface area contributed by atoms with Crippen molar-refractivity contribution < 1.29 is 28.8 Å². The van der Waals surface area contributed by atoms with E-state index in [1.807, 2.05) is 6.07 Å². The van der Waals surface area contributed by atoms with Gasteiger partial charge < -0.3 is 34.3 Å². The second-order valence-corrected chi connectivity index (χ2v) is 10.4. The van der Waals surface area contributed by atoms with Gasteiger partial charge in [-0.1, -0.05) is 0 Å². The second kappa shape index (κ2) is 9.88. The van der Waals surface area contributed by atoms with E-state index in [2.05, 4.69) is 15.3 Å². The Hall–Kier alpha value is -3.12. The van der Waals surface area contributed by atoms with Crippen LogP contribution in [0.15, 0.2) is 35.4 Å². The topological polar surface area (TPSA) is 128 Å². The molecular formula is C27H31FN4O6. The van der Waals surface area contributed by atoms with E-state index in [1.54, 1.807) is 6.20 Å². The number of hydrogen-bond acceptors (Lipinski definition) is 9. The van der Waals surface area contributed by atoms with Crippen molar-refractivity contribution in [2.45, 2.75) is 62.4 Å². The summed E-state index contributed by atoms with van der Waals surface area (Å²) in [6, 6.07) is 4.77. The van der Waals surface area contributed by atoms with Gasteiger partial charge in [0.15, 0.2) is 11.5 Å². The van der Waals surface area contributed by atoms with Gasteiger partial charge >= 0.3 is 0 Å². The van der Waals surface area contributed by atoms with E-state index in [1.165, 1.54) is 16.7 Å². The van der Waals surface area contributed by atoms with E-state index in [4.69, 9.17) is 14.2 Å². The number of rotatable bonds is 8. The zero-order chi connectivity index (χ0) is 26.3. The molecule has 0 radical (unpaired) electrons. The van der Waals surface area contributed by atoms with Crippen LogP contribution >= 0.6 is 0 Å². The molecule has 3 aromatic heterocycles. The van der Waals surface area contributed by atoms with E-state index in [-0.39, 0.29) is 36.2 Å². The minimum atomic E-state index is -0.974. The molecular weight excluding hydrogens is 495 g/mol. The first kappa shape index (κ1) is 25.2. The van der Waals surface area contributed by atoms with Crippen molar-refractivity contribution in [3.05, 3.63) is 58.0 Å². The molecule has 7 rings (SSSR count). The fourth-order valence-corrected chi connectivity index (χ4v) is 5.95. The van der Waals surface area contributed by atoms with Gasteiger partial charge in [-0.15, -0.1) is 0 Å². The maximum Gasteiger partial charge on any atom is 0.251 e. The van der Waals surface area contributed by atoms with Gasteiger partial charge in [-0.3, -0.25) is 14.8 Å². The van der Waals surface area contributed by atoms with Gasteiger partial charge in [-0.2, -0.15) is 0 Å². The summed E-state index contributed by atoms with van der Waals surface area (Å²) >= 11 is 0. The molecule has 3 aromatic rings. The van der Waals surface area contributed by atoms with E-state index < -0.39 is 17.5 Å². The molecule has 0 unspecified atom stereocenters. The Bertz CT molecular complexity index is 1390. The van der Waals surface area contributed by atoms with E-state index >= 15 is 4.39 Å². The van der Waals surface area contributed by atoms with Crippen LogP contribution in [0.25, 0.3) is 11.0 Å². The fourth-order valence-electron chi connectivity index (χ4n) is 5.95. The largest absolute Gasteiger partial charge is 0.486 e. The molecule has 202 valence electrons. The first-order chi connectivity index (χ1) is 18.4. The Morgan fingerprint density at radius 1 is 1.11 bits per heavy atom. The standard InChI is InChI=1S/C27H31FN4O6/c28-19-14-30-20-1-2-24(35)32(7-8-33)25(20)18(19)12-23(34)27-5-3-26(4-6-27,16-38-27)31-13-17-11-21-22(15-29-17)37-10-9-36-21/h1-2,11,14-15,23,31,33-34H,3-10,12-13,16H2/t23-,26?,27?/m0/s1. The molecule has 38 heavy (non-hydrogen) atoms. The quantitative estimate of drug-likeness (QED) is 0.400. The van der Waals surface area contributed by atoms with Gasteiger partial charge in [0.2, 0.25) is 0 Å². The Balaban J connectivity index is 1.16. The Labute approximate surface area is 218 Å². The van der Waals surface area contributed by atoms with Gasteiger partial charge in [-0.05, 0) is 31.7 Å². The third kappa shape index (κ3) is 4.43. The highest BCUT2D eigenvalue weighted by Crippen LogP contribution is 2.46. The smallest absolute Gasteiger partial charge is 0.251 e. The van der Waals surface area contributed by atoms with Gasteiger partial charge in [0.05, 0.1) is 54.0 Å². The third-order valence-electron chi connectivity index (χ3n) is 8.20. The van der Waals surface area contributed by atoms with Crippen molar-refractivity contribution in [1.82, 2.24) is 19.9 Å². The highest BCUT2D eigenvalue weighted by atomic mass is 19.1. The second-order valence-electron chi connectivity index (χ2n) is 10.4. The Kier molecular flexibility index (Phi) is 6.55. The van der Waals surface area contributed by atoms with Crippen molar-refractivity contribution in [3.8, 4) is 11.5 Å². The molecule has 3 N–H and O–H groups in total. The molecule has 10 nitrogen and oxygen atoms in total. The van der Waals surface area contributed by atoms with Crippen LogP contribution in [-0.4, -0.2) is 68.4 Å². The molecule has 4 aliphatic rings. The number of nitrogens with zero attached hydrogens (tertiary/aromatic N) is 3. The maximum atomic E-state index is 15.0. The number of pyridine rings is 3. The molecule has 3 fully saturated rings. The molecule has 6 heterocycles. The lowest BCUT2D eigenvalue weighted by Gasteiger charge is -2.55. The summed E-state index contributed by atoms with van der Waals surface area (Å²) in [5.41, 5.74) is 0.407. The third-order valence-corrected chi connectivity index (χ3v) is 8.20. The van der Waals surface area contributed by atoms with E-state index in [0.29, 0.717) is 61.7 Å². The first-order valence-electron chi connectivity index (χ1n) is 13.0. The molecule has 1 saturated carbocycles. The minimum Gasteiger partial charge on any atom is -0.486 e. The average Bonchev–Trinajstić information content (AvgIpc) is 2.96. The summed E-state index contributed by atoms with van der Waals surface area (Å²) in [6.45, 7) is 1.74. The number of aliphatic hydroxyl groups excluding tert-OH is 2. The van der Waals surface area contributed by atoms with E-state index in [9.17, 15) is 15.0 Å². The van der Waals surface area contributed by atoms with Crippen LogP contribution in [0, 0.1) is 5.82 Å². The Morgan fingerprint density at radius 2 is 1.89 bits per heavy atom. The summed E-state index contributed by atoms with van der Waals surface area (Å²) in [7, 11) is 0. The van der Waals surface area contributed by atoms with Crippen LogP contribution in [-0.2, 0) is 24.2 Å². The summed E-state index contributed by atoms with van der Waals surface area (Å²) in [5, 5.41) is 24.5. The number of aliphatic hydroxyl groups is 2. The zero-order valence-electron chi connectivity index (χ0n) is 21.0. The van der Waals surface area contributed by atoms with Crippen LogP contribution in [0.3, 0.4) is 0 Å². The SMILES string of the molecule is O=c1ccc2ncc(F)c(C[C@H](O)C34CCC(NCc5cc6c(cn5)OCCO6)(CC3)CO4)c2n1CCO. The number of ether oxygens (including phenoxy) is 3. The fraction of sp³-hybridized carbons (Fsp3) is 0.519. The van der Waals surface area contributed by atoms with Crippen molar-refractivity contribution in [3.63, 3.8) is 0 Å². The first-order valence-corrected chi connectivity index (χ1v) is 13.0. The van der Waals surface area contributed by atoms with Gasteiger partial charge in [0, 0.05) is 42.7 Å². The summed E-state index contributed by atoms with van der Waals surface area (Å²) in [6.07, 6.45) is 4.62. The molecule has 0 aromatic carbocycles. The van der Waals surface area contributed by atoms with Gasteiger partial charge in [0.25, 0.3) is 5.56 Å².